The van der Waals surface area contributed by atoms with Crippen LogP contribution in [0.15, 0.2) is 0 Å². The third-order valence-corrected chi connectivity index (χ3v) is 22.1. The van der Waals surface area contributed by atoms with Crippen molar-refractivity contribution in [1.29, 1.82) is 0 Å². The second-order valence-corrected chi connectivity index (χ2v) is 39.2. The average molecular weight is 1210 g/mol. The van der Waals surface area contributed by atoms with Crippen LogP contribution < -0.4 is 0 Å². The van der Waals surface area contributed by atoms with Gasteiger partial charge in [-0.05, 0) is 135 Å². The van der Waals surface area contributed by atoms with Gasteiger partial charge in [-0.25, -0.2) is 36.0 Å². The van der Waals surface area contributed by atoms with Gasteiger partial charge in [0.2, 0.25) is 0 Å². The van der Waals surface area contributed by atoms with E-state index >= 15 is 0 Å². The zero-order valence-electron chi connectivity index (χ0n) is 47.8. The number of rotatable bonds is 20. The van der Waals surface area contributed by atoms with Crippen molar-refractivity contribution in [2.45, 2.75) is 199 Å². The molecule has 0 rings (SSSR count). The van der Waals surface area contributed by atoms with Gasteiger partial charge in [-0.2, -0.15) is 8.62 Å². The lowest BCUT2D eigenvalue weighted by Gasteiger charge is -2.32. The quantitative estimate of drug-likeness (QED) is 0.0823. The molecule has 72 heavy (non-hydrogen) atoms. The Balaban J connectivity index is -0.000000429. The molecule has 0 saturated heterocycles. The molecule has 4 N–H and O–H groups in total. The van der Waals surface area contributed by atoms with Crippen molar-refractivity contribution in [2.75, 3.05) is 41.7 Å². The van der Waals surface area contributed by atoms with Gasteiger partial charge in [0.05, 0.1) is 45.9 Å². The molecular weight excluding hydrogens is 1120 g/mol. The van der Waals surface area contributed by atoms with Crippen LogP contribution in [0.1, 0.15) is 166 Å². The Labute approximate surface area is 430 Å². The minimum atomic E-state index is -4.66. The maximum atomic E-state index is 12.5. The Bertz CT molecular complexity index is 2040. The summed E-state index contributed by atoms with van der Waals surface area (Å²) in [4.78, 5) is 37.5. The second-order valence-electron chi connectivity index (χ2n) is 23.6. The lowest BCUT2D eigenvalue weighted by Crippen LogP contribution is -2.22. The van der Waals surface area contributed by atoms with Crippen molar-refractivity contribution in [2.24, 2.45) is 10.8 Å². The molecule has 0 heterocycles. The third-order valence-electron chi connectivity index (χ3n) is 6.27. The summed E-state index contributed by atoms with van der Waals surface area (Å²) in [5.74, 6) is 0. The van der Waals surface area contributed by atoms with Crippen LogP contribution in [0, 0.1) is 10.8 Å². The second kappa shape index (κ2) is 28.5. The van der Waals surface area contributed by atoms with Gasteiger partial charge in [0, 0.05) is 28.4 Å². The van der Waals surface area contributed by atoms with Crippen molar-refractivity contribution < 1.29 is 119 Å². The van der Waals surface area contributed by atoms with Crippen molar-refractivity contribution in [3.05, 3.63) is 0 Å². The van der Waals surface area contributed by atoms with E-state index in [2.05, 4.69) is 17.7 Å². The summed E-state index contributed by atoms with van der Waals surface area (Å²) in [5, 5.41) is -1.98. The molecule has 34 heteroatoms. The van der Waals surface area contributed by atoms with Gasteiger partial charge in [-0.15, -0.1) is 0 Å². The van der Waals surface area contributed by atoms with E-state index in [1.807, 2.05) is 20.8 Å². The van der Waals surface area contributed by atoms with Gasteiger partial charge >= 0.3 is 62.1 Å². The maximum absolute atomic E-state index is 12.5. The Kier molecular flexibility index (Phi) is 31.5. The van der Waals surface area contributed by atoms with Gasteiger partial charge in [0.15, 0.2) is 0 Å². The zero-order chi connectivity index (χ0) is 59.3. The fraction of sp³-hybridized carbons (Fsp3) is 1.00. The molecule has 8 atom stereocenters. The molecule has 440 valence electrons. The Hall–Kier alpha value is 1.12. The van der Waals surface area contributed by atoms with Gasteiger partial charge in [0.1, 0.15) is 0 Å². The van der Waals surface area contributed by atoms with E-state index in [1.54, 1.807) is 104 Å². The van der Waals surface area contributed by atoms with Crippen molar-refractivity contribution in [1.82, 2.24) is 0 Å². The summed E-state index contributed by atoms with van der Waals surface area (Å²) in [6.07, 6.45) is 0. The summed E-state index contributed by atoms with van der Waals surface area (Å²) in [6.45, 7) is 39.5. The lowest BCUT2D eigenvalue weighted by atomic mass is 9.99. The molecule has 0 bridgehead atoms. The zero-order valence-corrected chi connectivity index (χ0v) is 54.9. The van der Waals surface area contributed by atoms with Crippen molar-refractivity contribution in [3.8, 4) is 0 Å². The normalized spacial score (nSPS) is 20.2. The Morgan fingerprint density at radius 2 is 0.611 bits per heavy atom. The summed E-state index contributed by atoms with van der Waals surface area (Å²) in [6, 6.07) is 0. The number of phosphoric ester groups is 6. The van der Waals surface area contributed by atoms with Gasteiger partial charge in [-0.3, -0.25) is 49.8 Å². The largest absolute Gasteiger partial charge is 0.483 e. The number of phosphoric acid groups is 6. The monoisotopic (exact) mass is 1210 g/mol. The van der Waals surface area contributed by atoms with E-state index in [1.165, 1.54) is 55.8 Å². The molecule has 0 aliphatic carbocycles. The number of hydrogen-bond acceptors (Lipinski definition) is 22. The molecule has 0 saturated carbocycles. The van der Waals surface area contributed by atoms with Crippen molar-refractivity contribution >= 4 is 62.1 Å². The van der Waals surface area contributed by atoms with Crippen LogP contribution in [0.2, 0.25) is 0 Å². The number of hydrogen-bond donors (Lipinski definition) is 4. The van der Waals surface area contributed by atoms with Crippen LogP contribution in [0.5, 0.6) is 0 Å². The smallest absolute Gasteiger partial charge is 0.324 e. The standard InChI is InChI=1S/C11H26O7P2.C10H24O6P2.C9H22O7P2.C8H20O6P2/c1-10(2,3)9-16-19(12,14-7)18-20(13,15-8)17-11(4,5)6;1-9(2,3)15-18(12,14-8)16-17(11,13-7)10(4,5)6;1-8(2,3)7-14-17(10,11)16-18(12,13)15-9(4,5)6;1-7(2,3)13-16(11,12)14-15(9,10)8(4,5)6/h9H2,1-8H3;1-8H3;7H2,1-6H3,(H,10,11)(H,12,13);1-6H3,(H,9,10)(H,11,12). The molecular formula is C38H92O26P8. The van der Waals surface area contributed by atoms with E-state index in [4.69, 9.17) is 44.8 Å². The fourth-order valence-corrected chi connectivity index (χ4v) is 16.1. The van der Waals surface area contributed by atoms with Crippen LogP contribution in [0.4, 0.5) is 0 Å². The van der Waals surface area contributed by atoms with E-state index in [-0.39, 0.29) is 24.0 Å². The van der Waals surface area contributed by atoms with E-state index in [0.717, 1.165) is 14.2 Å². The summed E-state index contributed by atoms with van der Waals surface area (Å²) < 4.78 is 163. The highest BCUT2D eigenvalue weighted by atomic mass is 31.3. The first kappa shape index (κ1) is 79.6. The van der Waals surface area contributed by atoms with Crippen LogP contribution in [-0.2, 0) is 99.0 Å². The average Bonchev–Trinajstić information content (AvgIpc) is 3.04. The van der Waals surface area contributed by atoms with E-state index < -0.39 is 94.8 Å². The Morgan fingerprint density at radius 1 is 0.319 bits per heavy atom. The first-order valence-electron chi connectivity index (χ1n) is 21.7. The summed E-state index contributed by atoms with van der Waals surface area (Å²) in [7, 11) is -29.0. The molecule has 0 radical (unpaired) electrons. The fourth-order valence-electron chi connectivity index (χ4n) is 3.33. The lowest BCUT2D eigenvalue weighted by molar-refractivity contribution is 0.0581. The summed E-state index contributed by atoms with van der Waals surface area (Å²) >= 11 is 0. The molecule has 0 spiro atoms. The third kappa shape index (κ3) is 40.3. The van der Waals surface area contributed by atoms with Crippen LogP contribution in [-0.4, -0.2) is 93.9 Å². The first-order chi connectivity index (χ1) is 30.8. The molecule has 0 aliphatic rings. The van der Waals surface area contributed by atoms with E-state index in [0.29, 0.717) is 0 Å². The van der Waals surface area contributed by atoms with Crippen molar-refractivity contribution in [3.63, 3.8) is 0 Å². The SMILES string of the molecule is CC(C)(C)COP(=O)(O)OP(=O)(O)OC(C)(C)C.CC(C)(C)OP(=O)(O)OP(=O)(O)C(C)(C)C.COP(=O)(OC(C)(C)C)OP(=O)(OC)C(C)(C)C.COP(=O)(OCC(C)(C)C)OP(=O)(OC)OC(C)(C)C. The Morgan fingerprint density at radius 3 is 0.861 bits per heavy atom. The maximum Gasteiger partial charge on any atom is 0.483 e. The molecule has 0 fully saturated rings. The van der Waals surface area contributed by atoms with Gasteiger partial charge in [0.25, 0.3) is 0 Å². The van der Waals surface area contributed by atoms with Crippen LogP contribution >= 0.6 is 62.1 Å². The molecule has 0 aromatic heterocycles. The van der Waals surface area contributed by atoms with Gasteiger partial charge < -0.3 is 24.1 Å². The minimum Gasteiger partial charge on any atom is -0.324 e. The molecule has 26 nitrogen and oxygen atoms in total. The molecule has 0 aliphatic heterocycles. The predicted molar refractivity (Wildman–Crippen MR) is 276 cm³/mol. The first-order valence-corrected chi connectivity index (χ1v) is 33.7. The molecule has 8 unspecified atom stereocenters. The molecule has 0 aromatic carbocycles. The van der Waals surface area contributed by atoms with Crippen LogP contribution in [0.25, 0.3) is 0 Å². The predicted octanol–water partition coefficient (Wildman–Crippen LogP) is 14.6. The topological polar surface area (TPSA) is 347 Å². The minimum absolute atomic E-state index is 0.0946. The van der Waals surface area contributed by atoms with Crippen LogP contribution in [0.3, 0.4) is 0 Å². The molecule has 0 amide bonds. The highest BCUT2D eigenvalue weighted by Crippen LogP contribution is 2.72. The van der Waals surface area contributed by atoms with E-state index in [9.17, 15) is 56.1 Å². The highest BCUT2D eigenvalue weighted by molar-refractivity contribution is 7.66. The highest BCUT2D eigenvalue weighted by Gasteiger charge is 2.48. The van der Waals surface area contributed by atoms with Gasteiger partial charge in [-0.1, -0.05) is 41.5 Å². The molecule has 0 aromatic rings. The summed E-state index contributed by atoms with van der Waals surface area (Å²) in [5.41, 5.74) is -4.15.